The second-order valence-corrected chi connectivity index (χ2v) is 7.27. The highest BCUT2D eigenvalue weighted by Gasteiger charge is 2.29. The van der Waals surface area contributed by atoms with Gasteiger partial charge < -0.3 is 19.7 Å². The highest BCUT2D eigenvalue weighted by atomic mass is 16.5. The summed E-state index contributed by atoms with van der Waals surface area (Å²) in [5.74, 6) is 1.89. The lowest BCUT2D eigenvalue weighted by molar-refractivity contribution is -0.125. The molecule has 2 unspecified atom stereocenters. The third kappa shape index (κ3) is 4.59. The summed E-state index contributed by atoms with van der Waals surface area (Å²) in [5, 5.41) is 3.06. The summed E-state index contributed by atoms with van der Waals surface area (Å²) in [7, 11) is 0. The molecule has 28 heavy (non-hydrogen) atoms. The van der Waals surface area contributed by atoms with Crippen molar-refractivity contribution in [2.45, 2.75) is 31.8 Å². The zero-order chi connectivity index (χ0) is 19.2. The molecule has 1 amide bonds. The van der Waals surface area contributed by atoms with Crippen LogP contribution < -0.4 is 15.0 Å². The Bertz CT molecular complexity index is 780. The maximum absolute atomic E-state index is 12.6. The number of hydrogen-bond acceptors (Lipinski definition) is 6. The van der Waals surface area contributed by atoms with Crippen molar-refractivity contribution in [3.05, 3.63) is 42.7 Å². The summed E-state index contributed by atoms with van der Waals surface area (Å²) >= 11 is 0. The minimum absolute atomic E-state index is 0.0678. The van der Waals surface area contributed by atoms with Crippen LogP contribution in [-0.2, 0) is 9.53 Å². The first kappa shape index (κ1) is 18.7. The van der Waals surface area contributed by atoms with E-state index in [2.05, 4.69) is 20.2 Å². The number of benzene rings is 1. The van der Waals surface area contributed by atoms with E-state index in [9.17, 15) is 4.79 Å². The molecule has 2 atom stereocenters. The molecule has 0 aliphatic carbocycles. The van der Waals surface area contributed by atoms with E-state index in [4.69, 9.17) is 9.47 Å². The van der Waals surface area contributed by atoms with Crippen LogP contribution >= 0.6 is 0 Å². The van der Waals surface area contributed by atoms with Crippen molar-refractivity contribution < 1.29 is 14.3 Å². The zero-order valence-corrected chi connectivity index (χ0v) is 15.9. The first-order valence-corrected chi connectivity index (χ1v) is 9.98. The van der Waals surface area contributed by atoms with Crippen LogP contribution in [0.15, 0.2) is 42.7 Å². The SMILES string of the molecule is O=C(NCC1CCCO1)C1CCCN(c2nccnc2Oc2ccccc2)C1. The number of hydrogen-bond donors (Lipinski definition) is 1. The lowest BCUT2D eigenvalue weighted by Gasteiger charge is -2.33. The van der Waals surface area contributed by atoms with Gasteiger partial charge in [-0.1, -0.05) is 18.2 Å². The van der Waals surface area contributed by atoms with Gasteiger partial charge in [0.05, 0.1) is 12.0 Å². The number of amides is 1. The van der Waals surface area contributed by atoms with E-state index in [0.29, 0.717) is 30.5 Å². The molecule has 1 aromatic carbocycles. The Labute approximate surface area is 165 Å². The van der Waals surface area contributed by atoms with Gasteiger partial charge in [0.2, 0.25) is 5.91 Å². The Morgan fingerprint density at radius 2 is 2.04 bits per heavy atom. The molecule has 0 bridgehead atoms. The molecule has 2 aromatic rings. The monoisotopic (exact) mass is 382 g/mol. The molecule has 0 saturated carbocycles. The Kier molecular flexibility index (Phi) is 6.01. The first-order chi connectivity index (χ1) is 13.8. The van der Waals surface area contributed by atoms with Crippen molar-refractivity contribution >= 4 is 11.7 Å². The smallest absolute Gasteiger partial charge is 0.263 e. The average Bonchev–Trinajstić information content (AvgIpc) is 3.27. The Balaban J connectivity index is 1.40. The number of piperidine rings is 1. The van der Waals surface area contributed by atoms with Crippen LogP contribution in [0.2, 0.25) is 0 Å². The number of anilines is 1. The van der Waals surface area contributed by atoms with Gasteiger partial charge >= 0.3 is 0 Å². The number of para-hydroxylation sites is 1. The fraction of sp³-hybridized carbons (Fsp3) is 0.476. The zero-order valence-electron chi connectivity index (χ0n) is 15.9. The van der Waals surface area contributed by atoms with Gasteiger partial charge in [-0.15, -0.1) is 0 Å². The predicted molar refractivity (Wildman–Crippen MR) is 105 cm³/mol. The van der Waals surface area contributed by atoms with Gasteiger partial charge in [0.15, 0.2) is 5.82 Å². The van der Waals surface area contributed by atoms with Gasteiger partial charge in [-0.05, 0) is 37.8 Å². The van der Waals surface area contributed by atoms with E-state index >= 15 is 0 Å². The molecule has 0 spiro atoms. The molecule has 3 heterocycles. The standard InChI is InChI=1S/C21H26N4O3/c26-20(24-14-18-9-5-13-27-18)16-6-4-12-25(15-16)19-21(23-11-10-22-19)28-17-7-2-1-3-8-17/h1-3,7-8,10-11,16,18H,4-6,9,12-15H2,(H,24,26). The van der Waals surface area contributed by atoms with Gasteiger partial charge in [0.25, 0.3) is 5.88 Å². The molecule has 148 valence electrons. The third-order valence-corrected chi connectivity index (χ3v) is 5.22. The molecule has 0 radical (unpaired) electrons. The van der Waals surface area contributed by atoms with E-state index in [1.54, 1.807) is 12.4 Å². The summed E-state index contributed by atoms with van der Waals surface area (Å²) in [6.07, 6.45) is 7.36. The van der Waals surface area contributed by atoms with Gasteiger partial charge in [-0.2, -0.15) is 0 Å². The van der Waals surface area contributed by atoms with Crippen LogP contribution in [0.5, 0.6) is 11.6 Å². The normalized spacial score (nSPS) is 22.1. The number of rotatable bonds is 6. The Morgan fingerprint density at radius 3 is 2.86 bits per heavy atom. The summed E-state index contributed by atoms with van der Waals surface area (Å²) in [6, 6.07) is 9.54. The van der Waals surface area contributed by atoms with Crippen molar-refractivity contribution in [2.24, 2.45) is 5.92 Å². The predicted octanol–water partition coefficient (Wildman–Crippen LogP) is 2.78. The van der Waals surface area contributed by atoms with Crippen molar-refractivity contribution in [2.75, 3.05) is 31.1 Å². The van der Waals surface area contributed by atoms with Crippen molar-refractivity contribution in [1.82, 2.24) is 15.3 Å². The number of aromatic nitrogens is 2. The molecular formula is C21H26N4O3. The molecule has 2 aliphatic rings. The van der Waals surface area contributed by atoms with Crippen LogP contribution in [0, 0.1) is 5.92 Å². The van der Waals surface area contributed by atoms with Crippen LogP contribution in [0.3, 0.4) is 0 Å². The highest BCUT2D eigenvalue weighted by Crippen LogP contribution is 2.31. The van der Waals surface area contributed by atoms with Crippen LogP contribution in [0.4, 0.5) is 5.82 Å². The quantitative estimate of drug-likeness (QED) is 0.828. The second-order valence-electron chi connectivity index (χ2n) is 7.27. The molecule has 2 fully saturated rings. The maximum atomic E-state index is 12.6. The van der Waals surface area contributed by atoms with Gasteiger partial charge in [-0.25, -0.2) is 9.97 Å². The van der Waals surface area contributed by atoms with E-state index in [1.165, 1.54) is 0 Å². The van der Waals surface area contributed by atoms with E-state index in [-0.39, 0.29) is 17.9 Å². The first-order valence-electron chi connectivity index (χ1n) is 9.98. The van der Waals surface area contributed by atoms with Crippen molar-refractivity contribution in [1.29, 1.82) is 0 Å². The molecule has 2 saturated heterocycles. The lowest BCUT2D eigenvalue weighted by atomic mass is 9.97. The van der Waals surface area contributed by atoms with Gasteiger partial charge in [0.1, 0.15) is 5.75 Å². The fourth-order valence-corrected chi connectivity index (χ4v) is 3.75. The van der Waals surface area contributed by atoms with Crippen molar-refractivity contribution in [3.63, 3.8) is 0 Å². The number of ether oxygens (including phenoxy) is 2. The molecule has 7 nitrogen and oxygen atoms in total. The summed E-state index contributed by atoms with van der Waals surface area (Å²) in [5.41, 5.74) is 0. The van der Waals surface area contributed by atoms with Crippen LogP contribution in [0.25, 0.3) is 0 Å². The number of nitrogens with zero attached hydrogens (tertiary/aromatic N) is 3. The fourth-order valence-electron chi connectivity index (χ4n) is 3.75. The second kappa shape index (κ2) is 9.01. The lowest BCUT2D eigenvalue weighted by Crippen LogP contribution is -2.45. The number of nitrogens with one attached hydrogen (secondary N) is 1. The Morgan fingerprint density at radius 1 is 1.18 bits per heavy atom. The van der Waals surface area contributed by atoms with Crippen molar-refractivity contribution in [3.8, 4) is 11.6 Å². The minimum Gasteiger partial charge on any atom is -0.436 e. The Hall–Kier alpha value is -2.67. The summed E-state index contributed by atoms with van der Waals surface area (Å²) in [4.78, 5) is 23.6. The number of carbonyl (C=O) groups excluding carboxylic acids is 1. The summed E-state index contributed by atoms with van der Waals surface area (Å²) < 4.78 is 11.5. The molecular weight excluding hydrogens is 356 g/mol. The van der Waals surface area contributed by atoms with E-state index in [0.717, 1.165) is 38.8 Å². The van der Waals surface area contributed by atoms with E-state index in [1.807, 2.05) is 30.3 Å². The summed E-state index contributed by atoms with van der Waals surface area (Å²) in [6.45, 7) is 2.85. The topological polar surface area (TPSA) is 76.6 Å². The van der Waals surface area contributed by atoms with Gasteiger partial charge in [-0.3, -0.25) is 4.79 Å². The molecule has 7 heteroatoms. The van der Waals surface area contributed by atoms with Gasteiger partial charge in [0, 0.05) is 38.6 Å². The van der Waals surface area contributed by atoms with E-state index < -0.39 is 0 Å². The largest absolute Gasteiger partial charge is 0.436 e. The number of carbonyl (C=O) groups is 1. The molecule has 4 rings (SSSR count). The molecule has 1 aromatic heterocycles. The van der Waals surface area contributed by atoms with Crippen LogP contribution in [-0.4, -0.2) is 48.2 Å². The maximum Gasteiger partial charge on any atom is 0.263 e. The third-order valence-electron chi connectivity index (χ3n) is 5.22. The minimum atomic E-state index is -0.0678. The molecule has 1 N–H and O–H groups in total. The molecule has 2 aliphatic heterocycles. The van der Waals surface area contributed by atoms with Crippen LogP contribution in [0.1, 0.15) is 25.7 Å². The highest BCUT2D eigenvalue weighted by molar-refractivity contribution is 5.79. The average molecular weight is 382 g/mol.